The Morgan fingerprint density at radius 2 is 2.04 bits per heavy atom. The molecule has 130 valence electrons. The van der Waals surface area contributed by atoms with Gasteiger partial charge in [0, 0.05) is 16.8 Å². The van der Waals surface area contributed by atoms with E-state index in [0.29, 0.717) is 22.4 Å². The summed E-state index contributed by atoms with van der Waals surface area (Å²) >= 11 is 0. The predicted molar refractivity (Wildman–Crippen MR) is 93.6 cm³/mol. The Bertz CT molecular complexity index is 861. The van der Waals surface area contributed by atoms with E-state index in [0.717, 1.165) is 12.8 Å². The van der Waals surface area contributed by atoms with Gasteiger partial charge in [0.15, 0.2) is 0 Å². The number of hydrogen-bond donors (Lipinski definition) is 1. The number of rotatable bonds is 4. The number of nitrogens with zero attached hydrogens (tertiary/aromatic N) is 1. The predicted octanol–water partition coefficient (Wildman–Crippen LogP) is 4.21. The van der Waals surface area contributed by atoms with Gasteiger partial charge in [-0.1, -0.05) is 31.4 Å². The third-order valence-corrected chi connectivity index (χ3v) is 4.67. The fraction of sp³-hybridized carbons (Fsp3) is 0.400. The highest BCUT2D eigenvalue weighted by molar-refractivity contribution is 5.70. The maximum Gasteiger partial charge on any atom is 0.266 e. The topological polar surface area (TPSA) is 65.9 Å². The standard InChI is InChI=1S/C20H21FN2O2/c1-13-9-17(18(11-22)20(24)23-13)14-7-8-15(19(21)10-14)12-25-16-5-3-2-4-6-16/h7-10,16H,2-6,12H2,1H3,(H,23,24). The second-order valence-electron chi connectivity index (χ2n) is 6.56. The monoisotopic (exact) mass is 340 g/mol. The first kappa shape index (κ1) is 17.4. The summed E-state index contributed by atoms with van der Waals surface area (Å²) in [6, 6.07) is 8.36. The first-order valence-corrected chi connectivity index (χ1v) is 8.63. The Morgan fingerprint density at radius 1 is 1.28 bits per heavy atom. The molecule has 0 amide bonds. The van der Waals surface area contributed by atoms with E-state index in [9.17, 15) is 14.4 Å². The maximum atomic E-state index is 14.5. The summed E-state index contributed by atoms with van der Waals surface area (Å²) in [6.45, 7) is 1.98. The van der Waals surface area contributed by atoms with Crippen LogP contribution in [0.15, 0.2) is 29.1 Å². The maximum absolute atomic E-state index is 14.5. The van der Waals surface area contributed by atoms with Gasteiger partial charge in [0.1, 0.15) is 17.4 Å². The smallest absolute Gasteiger partial charge is 0.266 e. The van der Waals surface area contributed by atoms with Crippen molar-refractivity contribution in [2.24, 2.45) is 0 Å². The summed E-state index contributed by atoms with van der Waals surface area (Å²) in [5.74, 6) is -0.380. The molecule has 4 nitrogen and oxygen atoms in total. The van der Waals surface area contributed by atoms with Crippen LogP contribution in [0.1, 0.15) is 48.9 Å². The Kier molecular flexibility index (Phi) is 5.30. The van der Waals surface area contributed by atoms with Crippen molar-refractivity contribution < 1.29 is 9.13 Å². The summed E-state index contributed by atoms with van der Waals surface area (Å²) in [7, 11) is 0. The number of nitrogens with one attached hydrogen (secondary N) is 1. The summed E-state index contributed by atoms with van der Waals surface area (Å²) < 4.78 is 20.3. The van der Waals surface area contributed by atoms with Crippen LogP contribution in [0.25, 0.3) is 11.1 Å². The molecule has 0 bridgehead atoms. The van der Waals surface area contributed by atoms with E-state index in [1.807, 2.05) is 6.07 Å². The zero-order valence-electron chi connectivity index (χ0n) is 14.3. The minimum Gasteiger partial charge on any atom is -0.373 e. The van der Waals surface area contributed by atoms with Gasteiger partial charge >= 0.3 is 0 Å². The number of aromatic nitrogens is 1. The van der Waals surface area contributed by atoms with Gasteiger partial charge < -0.3 is 9.72 Å². The Balaban J connectivity index is 1.83. The van der Waals surface area contributed by atoms with Gasteiger partial charge in [0.2, 0.25) is 0 Å². The lowest BCUT2D eigenvalue weighted by Crippen LogP contribution is -2.16. The lowest BCUT2D eigenvalue weighted by Gasteiger charge is -2.22. The third-order valence-electron chi connectivity index (χ3n) is 4.67. The molecule has 0 radical (unpaired) electrons. The zero-order valence-corrected chi connectivity index (χ0v) is 14.3. The number of aryl methyl sites for hydroxylation is 1. The van der Waals surface area contributed by atoms with E-state index in [1.54, 1.807) is 25.1 Å². The Hall–Kier alpha value is -2.45. The molecule has 0 aliphatic heterocycles. The van der Waals surface area contributed by atoms with Crippen molar-refractivity contribution >= 4 is 0 Å². The molecular weight excluding hydrogens is 319 g/mol. The molecule has 2 aromatic rings. The molecule has 0 atom stereocenters. The second-order valence-corrected chi connectivity index (χ2v) is 6.56. The molecule has 25 heavy (non-hydrogen) atoms. The third kappa shape index (κ3) is 3.97. The van der Waals surface area contributed by atoms with Crippen LogP contribution in [0, 0.1) is 24.1 Å². The van der Waals surface area contributed by atoms with Crippen LogP contribution in [0.4, 0.5) is 4.39 Å². The van der Waals surface area contributed by atoms with Crippen LogP contribution in [0.5, 0.6) is 0 Å². The van der Waals surface area contributed by atoms with Gasteiger partial charge in [0.25, 0.3) is 5.56 Å². The zero-order chi connectivity index (χ0) is 17.8. The van der Waals surface area contributed by atoms with Crippen LogP contribution in [0.2, 0.25) is 0 Å². The van der Waals surface area contributed by atoms with E-state index in [4.69, 9.17) is 4.74 Å². The molecule has 1 aromatic carbocycles. The number of aromatic amines is 1. The van der Waals surface area contributed by atoms with Crippen LogP contribution in [-0.4, -0.2) is 11.1 Å². The average molecular weight is 340 g/mol. The molecule has 1 heterocycles. The molecule has 1 fully saturated rings. The SMILES string of the molecule is Cc1cc(-c2ccc(COC3CCCCC3)c(F)c2)c(C#N)c(=O)[nH]1. The van der Waals surface area contributed by atoms with Crippen molar-refractivity contribution in [2.75, 3.05) is 0 Å². The van der Waals surface area contributed by atoms with Gasteiger partial charge in [-0.15, -0.1) is 0 Å². The molecule has 0 saturated heterocycles. The largest absolute Gasteiger partial charge is 0.373 e. The van der Waals surface area contributed by atoms with Crippen molar-refractivity contribution in [3.8, 4) is 17.2 Å². The van der Waals surface area contributed by atoms with E-state index in [-0.39, 0.29) is 24.1 Å². The van der Waals surface area contributed by atoms with Crippen molar-refractivity contribution in [3.05, 3.63) is 57.3 Å². The van der Waals surface area contributed by atoms with Crippen LogP contribution in [0.3, 0.4) is 0 Å². The molecule has 1 aliphatic rings. The fourth-order valence-electron chi connectivity index (χ4n) is 3.30. The van der Waals surface area contributed by atoms with E-state index in [1.165, 1.54) is 25.3 Å². The van der Waals surface area contributed by atoms with Crippen molar-refractivity contribution in [2.45, 2.75) is 51.7 Å². The molecule has 1 saturated carbocycles. The quantitative estimate of drug-likeness (QED) is 0.906. The molecule has 5 heteroatoms. The number of benzene rings is 1. The van der Waals surface area contributed by atoms with Crippen molar-refractivity contribution in [3.63, 3.8) is 0 Å². The summed E-state index contributed by atoms with van der Waals surface area (Å²) in [5, 5.41) is 9.22. The van der Waals surface area contributed by atoms with Crippen molar-refractivity contribution in [1.29, 1.82) is 5.26 Å². The fourth-order valence-corrected chi connectivity index (χ4v) is 3.30. The minimum atomic E-state index is -0.456. The van der Waals surface area contributed by atoms with Gasteiger partial charge in [-0.25, -0.2) is 4.39 Å². The average Bonchev–Trinajstić information content (AvgIpc) is 2.61. The van der Waals surface area contributed by atoms with Gasteiger partial charge in [-0.3, -0.25) is 4.79 Å². The summed E-state index contributed by atoms with van der Waals surface area (Å²) in [6.07, 6.45) is 5.89. The van der Waals surface area contributed by atoms with E-state index in [2.05, 4.69) is 4.98 Å². The van der Waals surface area contributed by atoms with Crippen LogP contribution >= 0.6 is 0 Å². The highest BCUT2D eigenvalue weighted by Crippen LogP contribution is 2.26. The number of halogens is 1. The lowest BCUT2D eigenvalue weighted by molar-refractivity contribution is 0.0156. The summed E-state index contributed by atoms with van der Waals surface area (Å²) in [4.78, 5) is 14.5. The highest BCUT2D eigenvalue weighted by Gasteiger charge is 2.16. The van der Waals surface area contributed by atoms with Gasteiger partial charge in [-0.05, 0) is 37.5 Å². The van der Waals surface area contributed by atoms with Gasteiger partial charge in [0.05, 0.1) is 12.7 Å². The number of ether oxygens (including phenoxy) is 1. The molecule has 1 aliphatic carbocycles. The number of nitriles is 1. The molecule has 1 N–H and O–H groups in total. The first-order chi connectivity index (χ1) is 12.1. The molecular formula is C20H21FN2O2. The lowest BCUT2D eigenvalue weighted by atomic mass is 9.97. The van der Waals surface area contributed by atoms with E-state index >= 15 is 0 Å². The minimum absolute atomic E-state index is 0.00351. The number of hydrogen-bond acceptors (Lipinski definition) is 3. The number of pyridine rings is 1. The highest BCUT2D eigenvalue weighted by atomic mass is 19.1. The van der Waals surface area contributed by atoms with Crippen LogP contribution in [-0.2, 0) is 11.3 Å². The number of H-pyrrole nitrogens is 1. The Morgan fingerprint density at radius 3 is 2.72 bits per heavy atom. The Labute approximate surface area is 146 Å². The molecule has 0 unspecified atom stereocenters. The van der Waals surface area contributed by atoms with Crippen LogP contribution < -0.4 is 5.56 Å². The van der Waals surface area contributed by atoms with Gasteiger partial charge in [-0.2, -0.15) is 5.26 Å². The normalized spacial score (nSPS) is 15.1. The molecule has 3 rings (SSSR count). The second kappa shape index (κ2) is 7.62. The molecule has 0 spiro atoms. The van der Waals surface area contributed by atoms with E-state index < -0.39 is 5.56 Å². The van der Waals surface area contributed by atoms with Crippen molar-refractivity contribution in [1.82, 2.24) is 4.98 Å². The first-order valence-electron chi connectivity index (χ1n) is 8.63. The molecule has 1 aromatic heterocycles. The summed E-state index contributed by atoms with van der Waals surface area (Å²) in [5.41, 5.74) is 1.63.